The largest absolute Gasteiger partial charge is 0.449 e. The minimum Gasteiger partial charge on any atom is -0.449 e. The Balaban J connectivity index is 1.66. The average Bonchev–Trinajstić information content (AvgIpc) is 3.25. The normalized spacial score (nSPS) is 18.6. The van der Waals surface area contributed by atoms with Gasteiger partial charge in [-0.3, -0.25) is 4.79 Å². The summed E-state index contributed by atoms with van der Waals surface area (Å²) in [5.74, 6) is -1.00. The molecule has 0 spiro atoms. The minimum absolute atomic E-state index is 0.0445. The van der Waals surface area contributed by atoms with Crippen molar-refractivity contribution in [2.24, 2.45) is 0 Å². The average molecular weight is 460 g/mol. The van der Waals surface area contributed by atoms with E-state index in [2.05, 4.69) is 5.10 Å². The van der Waals surface area contributed by atoms with Gasteiger partial charge in [-0.25, -0.2) is 17.9 Å². The van der Waals surface area contributed by atoms with Crippen LogP contribution in [0.1, 0.15) is 37.2 Å². The molecule has 172 valence electrons. The highest BCUT2D eigenvalue weighted by atomic mass is 32.2. The lowest BCUT2D eigenvalue weighted by Crippen LogP contribution is -2.46. The molecule has 0 N–H and O–H groups in total. The van der Waals surface area contributed by atoms with Crippen molar-refractivity contribution in [3.8, 4) is 5.69 Å². The van der Waals surface area contributed by atoms with Crippen molar-refractivity contribution < 1.29 is 22.7 Å². The summed E-state index contributed by atoms with van der Waals surface area (Å²) < 4.78 is 30.6. The fraction of sp³-hybridized carbons (Fsp3) is 0.435. The van der Waals surface area contributed by atoms with Crippen LogP contribution in [0.2, 0.25) is 0 Å². The Morgan fingerprint density at radius 3 is 2.56 bits per heavy atom. The fourth-order valence-electron chi connectivity index (χ4n) is 3.98. The molecule has 1 aromatic heterocycles. The predicted octanol–water partition coefficient (Wildman–Crippen LogP) is 2.47. The van der Waals surface area contributed by atoms with Crippen molar-refractivity contribution in [3.05, 3.63) is 53.4 Å². The molecule has 1 aliphatic rings. The van der Waals surface area contributed by atoms with Crippen LogP contribution in [0.4, 0.5) is 0 Å². The fourth-order valence-corrected chi connectivity index (χ4v) is 5.71. The van der Waals surface area contributed by atoms with Crippen LogP contribution in [0.25, 0.3) is 11.8 Å². The van der Waals surface area contributed by atoms with Gasteiger partial charge in [0.1, 0.15) is 0 Å². The Hall–Kier alpha value is -2.94. The SMILES string of the molecule is CCN(C(=O)C(C)OC(=O)/C=C/c1c(C)nn(-c2ccccc2)c1C)C1CCS(=O)(=O)C1. The second kappa shape index (κ2) is 9.68. The van der Waals surface area contributed by atoms with Gasteiger partial charge in [0, 0.05) is 29.9 Å². The minimum atomic E-state index is -3.12. The lowest BCUT2D eigenvalue weighted by atomic mass is 10.2. The number of rotatable bonds is 7. The highest BCUT2D eigenvalue weighted by Gasteiger charge is 2.36. The maximum atomic E-state index is 12.8. The molecule has 1 fully saturated rings. The summed E-state index contributed by atoms with van der Waals surface area (Å²) in [6.07, 6.45) is 2.32. The molecule has 2 atom stereocenters. The van der Waals surface area contributed by atoms with Gasteiger partial charge in [0.15, 0.2) is 15.9 Å². The van der Waals surface area contributed by atoms with Gasteiger partial charge < -0.3 is 9.64 Å². The van der Waals surface area contributed by atoms with Gasteiger partial charge in [0.2, 0.25) is 0 Å². The number of likely N-dealkylation sites (N-methyl/N-ethyl adjacent to an activating group) is 1. The standard InChI is InChI=1S/C23H29N3O5S/c1-5-25(20-13-14-32(29,30)15-20)23(28)18(4)31-22(27)12-11-21-16(2)24-26(17(21)3)19-9-7-6-8-10-19/h6-12,18,20H,5,13-15H2,1-4H3/b12-11+. The zero-order valence-corrected chi connectivity index (χ0v) is 19.6. The van der Waals surface area contributed by atoms with Crippen LogP contribution in [0.15, 0.2) is 36.4 Å². The smallest absolute Gasteiger partial charge is 0.331 e. The molecule has 32 heavy (non-hydrogen) atoms. The van der Waals surface area contributed by atoms with Gasteiger partial charge in [-0.1, -0.05) is 18.2 Å². The van der Waals surface area contributed by atoms with Crippen molar-refractivity contribution in [1.82, 2.24) is 14.7 Å². The van der Waals surface area contributed by atoms with Crippen LogP contribution in [-0.4, -0.2) is 65.2 Å². The van der Waals surface area contributed by atoms with Crippen LogP contribution in [0, 0.1) is 13.8 Å². The second-order valence-corrected chi connectivity index (χ2v) is 10.2. The van der Waals surface area contributed by atoms with Crippen molar-refractivity contribution in [2.75, 3.05) is 18.1 Å². The molecule has 1 aromatic carbocycles. The second-order valence-electron chi connectivity index (χ2n) is 7.93. The number of hydrogen-bond donors (Lipinski definition) is 0. The van der Waals surface area contributed by atoms with Crippen LogP contribution in [0.5, 0.6) is 0 Å². The third kappa shape index (κ3) is 5.27. The molecule has 2 heterocycles. The third-order valence-electron chi connectivity index (χ3n) is 5.65. The number of amides is 1. The molecule has 9 heteroatoms. The van der Waals surface area contributed by atoms with Crippen molar-refractivity contribution >= 4 is 27.8 Å². The summed E-state index contributed by atoms with van der Waals surface area (Å²) in [5, 5.41) is 4.54. The van der Waals surface area contributed by atoms with Crippen molar-refractivity contribution in [3.63, 3.8) is 0 Å². The van der Waals surface area contributed by atoms with Gasteiger partial charge >= 0.3 is 5.97 Å². The van der Waals surface area contributed by atoms with E-state index in [1.807, 2.05) is 44.2 Å². The van der Waals surface area contributed by atoms with E-state index in [1.165, 1.54) is 17.9 Å². The summed E-state index contributed by atoms with van der Waals surface area (Å²) in [7, 11) is -3.12. The molecule has 0 bridgehead atoms. The Morgan fingerprint density at radius 2 is 1.97 bits per heavy atom. The highest BCUT2D eigenvalue weighted by Crippen LogP contribution is 2.20. The Labute approximate surface area is 188 Å². The number of carbonyl (C=O) groups is 2. The quantitative estimate of drug-likeness (QED) is 0.466. The monoisotopic (exact) mass is 459 g/mol. The van der Waals surface area contributed by atoms with Gasteiger partial charge in [-0.05, 0) is 52.3 Å². The number of benzene rings is 1. The summed E-state index contributed by atoms with van der Waals surface area (Å²) in [4.78, 5) is 26.6. The van der Waals surface area contributed by atoms with Gasteiger partial charge in [-0.15, -0.1) is 0 Å². The topological polar surface area (TPSA) is 98.6 Å². The number of carbonyl (C=O) groups excluding carboxylic acids is 2. The highest BCUT2D eigenvalue weighted by molar-refractivity contribution is 7.91. The molecule has 1 amide bonds. The number of hydrogen-bond acceptors (Lipinski definition) is 6. The number of nitrogens with zero attached hydrogens (tertiary/aromatic N) is 3. The molecule has 8 nitrogen and oxygen atoms in total. The summed E-state index contributed by atoms with van der Waals surface area (Å²) in [5.41, 5.74) is 3.36. The third-order valence-corrected chi connectivity index (χ3v) is 7.40. The van der Waals surface area contributed by atoms with Crippen molar-refractivity contribution in [2.45, 2.75) is 46.3 Å². The molecule has 0 saturated carbocycles. The zero-order chi connectivity index (χ0) is 23.5. The Morgan fingerprint density at radius 1 is 1.28 bits per heavy atom. The Bertz CT molecular complexity index is 1120. The van der Waals surface area contributed by atoms with E-state index >= 15 is 0 Å². The first-order chi connectivity index (χ1) is 15.1. The maximum Gasteiger partial charge on any atom is 0.331 e. The molecular formula is C23H29N3O5S. The van der Waals surface area contributed by atoms with E-state index in [9.17, 15) is 18.0 Å². The van der Waals surface area contributed by atoms with Crippen LogP contribution < -0.4 is 0 Å². The number of para-hydroxylation sites is 1. The zero-order valence-electron chi connectivity index (χ0n) is 18.8. The molecule has 0 radical (unpaired) electrons. The first-order valence-electron chi connectivity index (χ1n) is 10.6. The van der Waals surface area contributed by atoms with Crippen LogP contribution in [-0.2, 0) is 24.2 Å². The molecule has 2 unspecified atom stereocenters. The summed E-state index contributed by atoms with van der Waals surface area (Å²) in [6.45, 7) is 7.42. The summed E-state index contributed by atoms with van der Waals surface area (Å²) >= 11 is 0. The van der Waals surface area contributed by atoms with E-state index < -0.39 is 21.9 Å². The van der Waals surface area contributed by atoms with Gasteiger partial charge in [-0.2, -0.15) is 5.10 Å². The van der Waals surface area contributed by atoms with E-state index in [4.69, 9.17) is 4.74 Å². The summed E-state index contributed by atoms with van der Waals surface area (Å²) in [6, 6.07) is 9.31. The molecule has 3 rings (SSSR count). The van der Waals surface area contributed by atoms with E-state index in [0.717, 1.165) is 22.6 Å². The lowest BCUT2D eigenvalue weighted by Gasteiger charge is -2.29. The van der Waals surface area contributed by atoms with Crippen LogP contribution >= 0.6 is 0 Å². The maximum absolute atomic E-state index is 12.8. The van der Waals surface area contributed by atoms with E-state index in [0.29, 0.717) is 13.0 Å². The van der Waals surface area contributed by atoms with Crippen LogP contribution in [0.3, 0.4) is 0 Å². The van der Waals surface area contributed by atoms with E-state index in [-0.39, 0.29) is 23.5 Å². The molecule has 1 aliphatic heterocycles. The number of esters is 1. The van der Waals surface area contributed by atoms with Gasteiger partial charge in [0.05, 0.1) is 22.9 Å². The molecule has 1 saturated heterocycles. The first-order valence-corrected chi connectivity index (χ1v) is 12.5. The number of sulfone groups is 1. The first kappa shape index (κ1) is 23.7. The van der Waals surface area contributed by atoms with E-state index in [1.54, 1.807) is 17.7 Å². The number of aromatic nitrogens is 2. The van der Waals surface area contributed by atoms with Gasteiger partial charge in [0.25, 0.3) is 5.91 Å². The Kier molecular flexibility index (Phi) is 7.18. The lowest BCUT2D eigenvalue weighted by molar-refractivity contribution is -0.156. The number of ether oxygens (including phenoxy) is 1. The number of aryl methyl sites for hydroxylation is 1. The van der Waals surface area contributed by atoms with Crippen molar-refractivity contribution in [1.29, 1.82) is 0 Å². The predicted molar refractivity (Wildman–Crippen MR) is 122 cm³/mol. The molecular weight excluding hydrogens is 430 g/mol. The molecule has 0 aliphatic carbocycles. The molecule has 2 aromatic rings.